The fourth-order valence-corrected chi connectivity index (χ4v) is 3.35. The third kappa shape index (κ3) is 2.95. The number of rotatable bonds is 5. The van der Waals surface area contributed by atoms with Gasteiger partial charge in [0.2, 0.25) is 0 Å². The molecule has 4 nitrogen and oxygen atoms in total. The molecule has 2 aromatic heterocycles. The van der Waals surface area contributed by atoms with E-state index in [1.54, 1.807) is 29.3 Å². The molecule has 2 rings (SSSR count). The number of hydrogen-bond donors (Lipinski definition) is 1. The van der Waals surface area contributed by atoms with Crippen LogP contribution in [0.3, 0.4) is 0 Å². The second-order valence-corrected chi connectivity index (χ2v) is 6.62. The second kappa shape index (κ2) is 6.16. The SMILES string of the molecule is COCCn1ncc(Cl)c1C(N)c1ccc(Br)s1. The molecule has 7 heteroatoms. The number of ether oxygens (including phenoxy) is 1. The Kier molecular flexibility index (Phi) is 4.80. The van der Waals surface area contributed by atoms with Crippen LogP contribution in [-0.2, 0) is 11.3 Å². The molecule has 0 aromatic carbocycles. The molecule has 18 heavy (non-hydrogen) atoms. The van der Waals surface area contributed by atoms with Crippen LogP contribution in [0.2, 0.25) is 5.02 Å². The van der Waals surface area contributed by atoms with Crippen LogP contribution in [0.5, 0.6) is 0 Å². The first-order valence-electron chi connectivity index (χ1n) is 5.34. The molecule has 2 N–H and O–H groups in total. The highest BCUT2D eigenvalue weighted by Crippen LogP contribution is 2.32. The van der Waals surface area contributed by atoms with Crippen molar-refractivity contribution in [1.82, 2.24) is 9.78 Å². The van der Waals surface area contributed by atoms with Gasteiger partial charge in [0.25, 0.3) is 0 Å². The van der Waals surface area contributed by atoms with Gasteiger partial charge in [-0.1, -0.05) is 11.6 Å². The topological polar surface area (TPSA) is 53.1 Å². The van der Waals surface area contributed by atoms with Gasteiger partial charge in [0.1, 0.15) is 0 Å². The van der Waals surface area contributed by atoms with Crippen LogP contribution in [0.1, 0.15) is 16.6 Å². The number of nitrogens with zero attached hydrogens (tertiary/aromatic N) is 2. The summed E-state index contributed by atoms with van der Waals surface area (Å²) in [6.07, 6.45) is 1.62. The molecule has 98 valence electrons. The average molecular weight is 351 g/mol. The van der Waals surface area contributed by atoms with Crippen molar-refractivity contribution in [3.63, 3.8) is 0 Å². The number of aromatic nitrogens is 2. The van der Waals surface area contributed by atoms with Crippen molar-refractivity contribution in [1.29, 1.82) is 0 Å². The maximum absolute atomic E-state index is 6.25. The van der Waals surface area contributed by atoms with Crippen LogP contribution in [0.4, 0.5) is 0 Å². The zero-order chi connectivity index (χ0) is 13.1. The Morgan fingerprint density at radius 1 is 1.61 bits per heavy atom. The first kappa shape index (κ1) is 14.0. The normalized spacial score (nSPS) is 12.9. The molecule has 0 bridgehead atoms. The summed E-state index contributed by atoms with van der Waals surface area (Å²) in [6.45, 7) is 1.21. The number of nitrogens with two attached hydrogens (primary N) is 1. The average Bonchev–Trinajstić information content (AvgIpc) is 2.92. The smallest absolute Gasteiger partial charge is 0.0838 e. The standard InChI is InChI=1S/C11H13BrClN3OS/c1-17-5-4-16-11(7(13)6-15-16)10(14)8-2-3-9(12)18-8/h2-3,6,10H,4-5,14H2,1H3. The Morgan fingerprint density at radius 3 is 3.00 bits per heavy atom. The first-order valence-corrected chi connectivity index (χ1v) is 7.33. The van der Waals surface area contributed by atoms with Gasteiger partial charge in [-0.15, -0.1) is 11.3 Å². The minimum Gasteiger partial charge on any atom is -0.383 e. The summed E-state index contributed by atoms with van der Waals surface area (Å²) in [5.41, 5.74) is 7.07. The van der Waals surface area contributed by atoms with E-state index in [1.165, 1.54) is 0 Å². The highest BCUT2D eigenvalue weighted by Gasteiger charge is 2.19. The number of methoxy groups -OCH3 is 1. The molecule has 0 saturated heterocycles. The quantitative estimate of drug-likeness (QED) is 0.901. The molecule has 0 aliphatic rings. The summed E-state index contributed by atoms with van der Waals surface area (Å²) in [7, 11) is 1.65. The molecule has 0 amide bonds. The molecule has 1 atom stereocenters. The summed E-state index contributed by atoms with van der Waals surface area (Å²) in [6, 6.07) is 3.70. The summed E-state index contributed by atoms with van der Waals surface area (Å²) in [4.78, 5) is 1.04. The number of thiophene rings is 1. The van der Waals surface area contributed by atoms with E-state index in [-0.39, 0.29) is 6.04 Å². The monoisotopic (exact) mass is 349 g/mol. The van der Waals surface area contributed by atoms with E-state index in [4.69, 9.17) is 22.1 Å². The van der Waals surface area contributed by atoms with Gasteiger partial charge >= 0.3 is 0 Å². The van der Waals surface area contributed by atoms with Crippen molar-refractivity contribution in [2.75, 3.05) is 13.7 Å². The maximum atomic E-state index is 6.25. The molecule has 0 aliphatic heterocycles. The third-order valence-corrected chi connectivity index (χ3v) is 4.53. The van der Waals surface area contributed by atoms with E-state index in [0.717, 1.165) is 14.4 Å². The highest BCUT2D eigenvalue weighted by molar-refractivity contribution is 9.11. The van der Waals surface area contributed by atoms with E-state index >= 15 is 0 Å². The van der Waals surface area contributed by atoms with Crippen LogP contribution in [0.25, 0.3) is 0 Å². The molecule has 0 spiro atoms. The van der Waals surface area contributed by atoms with E-state index in [2.05, 4.69) is 21.0 Å². The summed E-state index contributed by atoms with van der Waals surface area (Å²) in [5.74, 6) is 0. The van der Waals surface area contributed by atoms with E-state index in [9.17, 15) is 0 Å². The first-order chi connectivity index (χ1) is 8.63. The van der Waals surface area contributed by atoms with Gasteiger partial charge in [-0.05, 0) is 28.1 Å². The molecular weight excluding hydrogens is 338 g/mol. The van der Waals surface area contributed by atoms with Crippen molar-refractivity contribution in [3.05, 3.63) is 37.7 Å². The van der Waals surface area contributed by atoms with Gasteiger partial charge in [-0.25, -0.2) is 0 Å². The molecular formula is C11H13BrClN3OS. The lowest BCUT2D eigenvalue weighted by Crippen LogP contribution is -2.18. The van der Waals surface area contributed by atoms with Crippen molar-refractivity contribution in [3.8, 4) is 0 Å². The van der Waals surface area contributed by atoms with Gasteiger partial charge < -0.3 is 10.5 Å². The van der Waals surface area contributed by atoms with Crippen LogP contribution in [0.15, 0.2) is 22.1 Å². The Bertz CT molecular complexity index is 528. The van der Waals surface area contributed by atoms with E-state index in [1.807, 2.05) is 12.1 Å². The highest BCUT2D eigenvalue weighted by atomic mass is 79.9. The molecule has 0 radical (unpaired) electrons. The van der Waals surface area contributed by atoms with Crippen molar-refractivity contribution >= 4 is 38.9 Å². The number of halogens is 2. The maximum Gasteiger partial charge on any atom is 0.0838 e. The van der Waals surface area contributed by atoms with E-state index in [0.29, 0.717) is 18.2 Å². The zero-order valence-electron chi connectivity index (χ0n) is 9.77. The fraction of sp³-hybridized carbons (Fsp3) is 0.364. The van der Waals surface area contributed by atoms with Crippen LogP contribution < -0.4 is 5.73 Å². The predicted molar refractivity (Wildman–Crippen MR) is 77.2 cm³/mol. The number of hydrogen-bond acceptors (Lipinski definition) is 4. The van der Waals surface area contributed by atoms with Crippen molar-refractivity contribution in [2.45, 2.75) is 12.6 Å². The molecule has 0 aliphatic carbocycles. The van der Waals surface area contributed by atoms with Crippen LogP contribution in [-0.4, -0.2) is 23.5 Å². The van der Waals surface area contributed by atoms with Gasteiger partial charge in [0.15, 0.2) is 0 Å². The lowest BCUT2D eigenvalue weighted by atomic mass is 10.2. The Hall–Kier alpha value is -0.400. The lowest BCUT2D eigenvalue weighted by Gasteiger charge is -2.13. The largest absolute Gasteiger partial charge is 0.383 e. The van der Waals surface area contributed by atoms with E-state index < -0.39 is 0 Å². The third-order valence-electron chi connectivity index (χ3n) is 2.54. The molecule has 2 heterocycles. The summed E-state index contributed by atoms with van der Waals surface area (Å²) in [5, 5.41) is 4.81. The molecule has 0 fully saturated rings. The molecule has 1 unspecified atom stereocenters. The van der Waals surface area contributed by atoms with Gasteiger partial charge in [0.05, 0.1) is 39.9 Å². The van der Waals surface area contributed by atoms with Gasteiger partial charge in [-0.3, -0.25) is 4.68 Å². The van der Waals surface area contributed by atoms with Gasteiger partial charge in [-0.2, -0.15) is 5.10 Å². The molecule has 2 aromatic rings. The lowest BCUT2D eigenvalue weighted by molar-refractivity contribution is 0.182. The Balaban J connectivity index is 2.28. The van der Waals surface area contributed by atoms with Crippen LogP contribution >= 0.6 is 38.9 Å². The van der Waals surface area contributed by atoms with Crippen molar-refractivity contribution < 1.29 is 4.74 Å². The van der Waals surface area contributed by atoms with Crippen LogP contribution in [0, 0.1) is 0 Å². The summed E-state index contributed by atoms with van der Waals surface area (Å²) < 4.78 is 7.89. The van der Waals surface area contributed by atoms with Crippen molar-refractivity contribution in [2.24, 2.45) is 5.73 Å². The zero-order valence-corrected chi connectivity index (χ0v) is 12.9. The Morgan fingerprint density at radius 2 is 2.39 bits per heavy atom. The minimum absolute atomic E-state index is 0.270. The summed E-state index contributed by atoms with van der Waals surface area (Å²) >= 11 is 11.2. The molecule has 0 saturated carbocycles. The fourth-order valence-electron chi connectivity index (χ4n) is 1.67. The predicted octanol–water partition coefficient (Wildman–Crippen LogP) is 3.06. The minimum atomic E-state index is -0.270. The van der Waals surface area contributed by atoms with Gasteiger partial charge in [0, 0.05) is 12.0 Å². The second-order valence-electron chi connectivity index (χ2n) is 3.71. The Labute approximate surface area is 123 Å².